The SMILES string of the molecule is Cc1cc(C)n(CCCNCCSC(F)(F)F)n1. The van der Waals surface area contributed by atoms with Gasteiger partial charge in [-0.3, -0.25) is 4.68 Å². The van der Waals surface area contributed by atoms with Gasteiger partial charge in [0.1, 0.15) is 0 Å². The van der Waals surface area contributed by atoms with Crippen LogP contribution < -0.4 is 5.32 Å². The molecule has 0 aliphatic heterocycles. The first kappa shape index (κ1) is 15.4. The monoisotopic (exact) mass is 281 g/mol. The maximum absolute atomic E-state index is 11.8. The standard InChI is InChI=1S/C11H18F3N3S/c1-9-8-10(2)17(16-9)6-3-4-15-5-7-18-11(12,13)14/h8,15H,3-7H2,1-2H3. The van der Waals surface area contributed by atoms with E-state index < -0.39 is 5.51 Å². The molecule has 3 nitrogen and oxygen atoms in total. The van der Waals surface area contributed by atoms with E-state index in [2.05, 4.69) is 10.4 Å². The normalized spacial score (nSPS) is 12.1. The predicted octanol–water partition coefficient (Wildman–Crippen LogP) is 2.73. The molecule has 1 heterocycles. The smallest absolute Gasteiger partial charge is 0.316 e. The van der Waals surface area contributed by atoms with E-state index in [0.717, 1.165) is 24.4 Å². The molecule has 0 unspecified atom stereocenters. The molecule has 0 amide bonds. The van der Waals surface area contributed by atoms with Crippen LogP contribution in [0.15, 0.2) is 6.07 Å². The van der Waals surface area contributed by atoms with E-state index in [-0.39, 0.29) is 17.5 Å². The van der Waals surface area contributed by atoms with Crippen molar-refractivity contribution < 1.29 is 13.2 Å². The number of aromatic nitrogens is 2. The molecule has 0 aliphatic rings. The zero-order chi connectivity index (χ0) is 13.6. The third-order valence-corrected chi connectivity index (χ3v) is 3.11. The van der Waals surface area contributed by atoms with E-state index in [1.807, 2.05) is 24.6 Å². The minimum absolute atomic E-state index is 0.0137. The summed E-state index contributed by atoms with van der Waals surface area (Å²) in [6, 6.07) is 2.01. The van der Waals surface area contributed by atoms with Crippen molar-refractivity contribution in [2.24, 2.45) is 0 Å². The molecule has 0 radical (unpaired) electrons. The molecule has 1 aromatic heterocycles. The molecule has 1 aromatic rings. The average molecular weight is 281 g/mol. The molecular weight excluding hydrogens is 263 g/mol. The van der Waals surface area contributed by atoms with Gasteiger partial charge in [-0.25, -0.2) is 0 Å². The van der Waals surface area contributed by atoms with Crippen LogP contribution in [0.25, 0.3) is 0 Å². The highest BCUT2D eigenvalue weighted by Crippen LogP contribution is 2.29. The van der Waals surface area contributed by atoms with Gasteiger partial charge in [-0.05, 0) is 44.6 Å². The van der Waals surface area contributed by atoms with Crippen LogP contribution in [0.5, 0.6) is 0 Å². The second-order valence-electron chi connectivity index (χ2n) is 4.05. The van der Waals surface area contributed by atoms with E-state index in [4.69, 9.17) is 0 Å². The minimum atomic E-state index is -4.12. The summed E-state index contributed by atoms with van der Waals surface area (Å²) >= 11 is 0.0137. The van der Waals surface area contributed by atoms with Crippen LogP contribution in [0.4, 0.5) is 13.2 Å². The third kappa shape index (κ3) is 6.30. The van der Waals surface area contributed by atoms with E-state index >= 15 is 0 Å². The van der Waals surface area contributed by atoms with Crippen molar-refractivity contribution in [2.75, 3.05) is 18.8 Å². The van der Waals surface area contributed by atoms with Crippen LogP contribution in [0.2, 0.25) is 0 Å². The summed E-state index contributed by atoms with van der Waals surface area (Å²) in [6.07, 6.45) is 0.860. The van der Waals surface area contributed by atoms with Gasteiger partial charge in [-0.1, -0.05) is 0 Å². The fourth-order valence-corrected chi connectivity index (χ4v) is 2.10. The lowest BCUT2D eigenvalue weighted by molar-refractivity contribution is -0.0327. The second kappa shape index (κ2) is 7.04. The summed E-state index contributed by atoms with van der Waals surface area (Å²) < 4.78 is 37.4. The largest absolute Gasteiger partial charge is 0.441 e. The van der Waals surface area contributed by atoms with Crippen LogP contribution in [0.1, 0.15) is 17.8 Å². The van der Waals surface area contributed by atoms with Crippen molar-refractivity contribution in [3.05, 3.63) is 17.5 Å². The number of hydrogen-bond acceptors (Lipinski definition) is 3. The molecule has 104 valence electrons. The molecule has 0 fully saturated rings. The lowest BCUT2D eigenvalue weighted by Crippen LogP contribution is -2.21. The molecule has 0 spiro atoms. The molecule has 0 saturated carbocycles. The van der Waals surface area contributed by atoms with E-state index in [1.54, 1.807) is 0 Å². The molecule has 1 rings (SSSR count). The molecular formula is C11H18F3N3S. The van der Waals surface area contributed by atoms with Crippen LogP contribution in [-0.4, -0.2) is 34.1 Å². The van der Waals surface area contributed by atoms with Gasteiger partial charge in [-0.15, -0.1) is 0 Å². The third-order valence-electron chi connectivity index (χ3n) is 2.37. The molecule has 0 saturated heterocycles. The van der Waals surface area contributed by atoms with Crippen molar-refractivity contribution >= 4 is 11.8 Å². The van der Waals surface area contributed by atoms with Gasteiger partial charge in [0.25, 0.3) is 0 Å². The molecule has 0 aliphatic carbocycles. The van der Waals surface area contributed by atoms with Crippen molar-refractivity contribution in [3.8, 4) is 0 Å². The Balaban J connectivity index is 2.04. The van der Waals surface area contributed by atoms with E-state index in [1.165, 1.54) is 0 Å². The summed E-state index contributed by atoms with van der Waals surface area (Å²) in [5.41, 5.74) is -2.02. The Labute approximate surface area is 109 Å². The Morgan fingerprint density at radius 1 is 1.33 bits per heavy atom. The van der Waals surface area contributed by atoms with Crippen LogP contribution >= 0.6 is 11.8 Å². The first-order valence-electron chi connectivity index (χ1n) is 5.81. The predicted molar refractivity (Wildman–Crippen MR) is 67.7 cm³/mol. The molecule has 0 atom stereocenters. The Bertz CT molecular complexity index is 363. The fraction of sp³-hybridized carbons (Fsp3) is 0.727. The molecule has 1 N–H and O–H groups in total. The van der Waals surface area contributed by atoms with E-state index in [9.17, 15) is 13.2 Å². The Morgan fingerprint density at radius 3 is 2.61 bits per heavy atom. The quantitative estimate of drug-likeness (QED) is 0.779. The summed E-state index contributed by atoms with van der Waals surface area (Å²) in [7, 11) is 0. The van der Waals surface area contributed by atoms with Crippen LogP contribution in [0, 0.1) is 13.8 Å². The highest BCUT2D eigenvalue weighted by Gasteiger charge is 2.27. The molecule has 7 heteroatoms. The van der Waals surface area contributed by atoms with Crippen LogP contribution in [0.3, 0.4) is 0 Å². The summed E-state index contributed by atoms with van der Waals surface area (Å²) in [5, 5.41) is 7.31. The number of rotatable bonds is 7. The summed E-state index contributed by atoms with van der Waals surface area (Å²) in [6.45, 7) is 5.81. The first-order chi connectivity index (χ1) is 8.38. The van der Waals surface area contributed by atoms with Gasteiger partial charge < -0.3 is 5.32 Å². The number of aryl methyl sites for hydroxylation is 3. The number of hydrogen-bond donors (Lipinski definition) is 1. The van der Waals surface area contributed by atoms with Crippen LogP contribution in [-0.2, 0) is 6.54 Å². The van der Waals surface area contributed by atoms with Gasteiger partial charge in [0, 0.05) is 24.5 Å². The lowest BCUT2D eigenvalue weighted by atomic mass is 10.4. The number of alkyl halides is 3. The van der Waals surface area contributed by atoms with Crippen molar-refractivity contribution in [3.63, 3.8) is 0 Å². The van der Waals surface area contributed by atoms with E-state index in [0.29, 0.717) is 13.1 Å². The minimum Gasteiger partial charge on any atom is -0.316 e. The topological polar surface area (TPSA) is 29.9 Å². The average Bonchev–Trinajstić information content (AvgIpc) is 2.54. The number of thioether (sulfide) groups is 1. The summed E-state index contributed by atoms with van der Waals surface area (Å²) in [4.78, 5) is 0. The maximum Gasteiger partial charge on any atom is 0.441 e. The fourth-order valence-electron chi connectivity index (χ4n) is 1.62. The van der Waals surface area contributed by atoms with Gasteiger partial charge in [-0.2, -0.15) is 18.3 Å². The zero-order valence-corrected chi connectivity index (χ0v) is 11.4. The Morgan fingerprint density at radius 2 is 2.06 bits per heavy atom. The second-order valence-corrected chi connectivity index (χ2v) is 5.21. The molecule has 18 heavy (non-hydrogen) atoms. The Kier molecular flexibility index (Phi) is 6.01. The lowest BCUT2D eigenvalue weighted by Gasteiger charge is -2.07. The molecule has 0 aromatic carbocycles. The summed E-state index contributed by atoms with van der Waals surface area (Å²) in [5.74, 6) is 0.0589. The van der Waals surface area contributed by atoms with Gasteiger partial charge in [0.2, 0.25) is 0 Å². The van der Waals surface area contributed by atoms with Gasteiger partial charge in [0.05, 0.1) is 5.69 Å². The van der Waals surface area contributed by atoms with Gasteiger partial charge >= 0.3 is 5.51 Å². The highest BCUT2D eigenvalue weighted by atomic mass is 32.2. The highest BCUT2D eigenvalue weighted by molar-refractivity contribution is 8.00. The van der Waals surface area contributed by atoms with Gasteiger partial charge in [0.15, 0.2) is 0 Å². The molecule has 0 bridgehead atoms. The van der Waals surface area contributed by atoms with Crippen molar-refractivity contribution in [1.29, 1.82) is 0 Å². The Hall–Kier alpha value is -0.690. The zero-order valence-electron chi connectivity index (χ0n) is 10.5. The number of halogens is 3. The number of nitrogens with one attached hydrogen (secondary N) is 1. The first-order valence-corrected chi connectivity index (χ1v) is 6.79. The van der Waals surface area contributed by atoms with Crippen molar-refractivity contribution in [1.82, 2.24) is 15.1 Å². The maximum atomic E-state index is 11.8. The van der Waals surface area contributed by atoms with Crippen molar-refractivity contribution in [2.45, 2.75) is 32.3 Å². The number of nitrogens with zero attached hydrogens (tertiary/aromatic N) is 2.